The van der Waals surface area contributed by atoms with Crippen LogP contribution in [0.25, 0.3) is 0 Å². The number of Topliss-reactive ketones (excluding diaryl/α,β-unsaturated/α-hetero) is 1. The van der Waals surface area contributed by atoms with E-state index in [2.05, 4.69) is 15.9 Å². The molecule has 0 saturated heterocycles. The third-order valence-corrected chi connectivity index (χ3v) is 3.49. The zero-order valence-electron chi connectivity index (χ0n) is 11.6. The molecule has 2 aromatic rings. The second-order valence-electron chi connectivity index (χ2n) is 4.43. The van der Waals surface area contributed by atoms with Gasteiger partial charge in [-0.25, -0.2) is 0 Å². The number of hydrogen-bond acceptors (Lipinski definition) is 3. The Morgan fingerprint density at radius 2 is 1.80 bits per heavy atom. The van der Waals surface area contributed by atoms with Gasteiger partial charge in [-0.3, -0.25) is 4.79 Å². The molecule has 2 rings (SSSR count). The average Bonchev–Trinajstić information content (AvgIpc) is 2.41. The molecule has 0 aliphatic carbocycles. The second kappa shape index (κ2) is 6.09. The number of ketones is 1. The molecule has 0 heterocycles. The molecule has 0 bridgehead atoms. The summed E-state index contributed by atoms with van der Waals surface area (Å²) in [6.07, 6.45) is 0. The van der Waals surface area contributed by atoms with E-state index < -0.39 is 0 Å². The Kier molecular flexibility index (Phi) is 4.45. The second-order valence-corrected chi connectivity index (χ2v) is 5.28. The number of halogens is 1. The van der Waals surface area contributed by atoms with Gasteiger partial charge in [0, 0.05) is 0 Å². The van der Waals surface area contributed by atoms with Crippen molar-refractivity contribution in [2.75, 3.05) is 7.11 Å². The third-order valence-electron chi connectivity index (χ3n) is 2.87. The van der Waals surface area contributed by atoms with Crippen LogP contribution in [0, 0.1) is 6.92 Å². The molecule has 3 nitrogen and oxygen atoms in total. The first-order chi connectivity index (χ1) is 9.52. The normalized spacial score (nSPS) is 10.2. The summed E-state index contributed by atoms with van der Waals surface area (Å²) in [6.45, 7) is 3.50. The topological polar surface area (TPSA) is 35.5 Å². The van der Waals surface area contributed by atoms with E-state index in [-0.39, 0.29) is 5.78 Å². The SMILES string of the molecule is COc1cccc(Oc2ccc(C)cc2Br)c1C(C)=O. The average molecular weight is 335 g/mol. The minimum absolute atomic E-state index is 0.0966. The molecule has 0 aliphatic rings. The Morgan fingerprint density at radius 1 is 1.10 bits per heavy atom. The monoisotopic (exact) mass is 334 g/mol. The van der Waals surface area contributed by atoms with Crippen LogP contribution in [0.4, 0.5) is 0 Å². The van der Waals surface area contributed by atoms with Gasteiger partial charge in [0.05, 0.1) is 11.6 Å². The lowest BCUT2D eigenvalue weighted by Gasteiger charge is -2.13. The number of hydrogen-bond donors (Lipinski definition) is 0. The van der Waals surface area contributed by atoms with Crippen molar-refractivity contribution in [1.82, 2.24) is 0 Å². The third kappa shape index (κ3) is 3.02. The fourth-order valence-electron chi connectivity index (χ4n) is 1.92. The predicted molar refractivity (Wildman–Crippen MR) is 82.0 cm³/mol. The Labute approximate surface area is 126 Å². The Hall–Kier alpha value is -1.81. The van der Waals surface area contributed by atoms with E-state index in [4.69, 9.17) is 9.47 Å². The maximum Gasteiger partial charge on any atom is 0.167 e. The molecule has 0 N–H and O–H groups in total. The van der Waals surface area contributed by atoms with E-state index in [0.29, 0.717) is 22.8 Å². The van der Waals surface area contributed by atoms with Gasteiger partial charge in [-0.2, -0.15) is 0 Å². The maximum atomic E-state index is 11.8. The Bertz CT molecular complexity index is 650. The lowest BCUT2D eigenvalue weighted by molar-refractivity contribution is 0.101. The number of ether oxygens (including phenoxy) is 2. The summed E-state index contributed by atoms with van der Waals surface area (Å²) < 4.78 is 11.9. The van der Waals surface area contributed by atoms with Gasteiger partial charge in [-0.15, -0.1) is 0 Å². The standard InChI is InChI=1S/C16H15BrO3/c1-10-7-8-13(12(17)9-10)20-15-6-4-5-14(19-3)16(15)11(2)18/h4-9H,1-3H3. The van der Waals surface area contributed by atoms with Crippen molar-refractivity contribution in [3.63, 3.8) is 0 Å². The summed E-state index contributed by atoms with van der Waals surface area (Å²) in [5.74, 6) is 1.56. The molecule has 0 unspecified atom stereocenters. The Morgan fingerprint density at radius 3 is 2.40 bits per heavy atom. The summed E-state index contributed by atoms with van der Waals surface area (Å²) in [7, 11) is 1.54. The van der Waals surface area contributed by atoms with E-state index in [0.717, 1.165) is 10.0 Å². The highest BCUT2D eigenvalue weighted by Crippen LogP contribution is 2.35. The molecular formula is C16H15BrO3. The van der Waals surface area contributed by atoms with Crippen molar-refractivity contribution in [3.05, 3.63) is 52.0 Å². The quantitative estimate of drug-likeness (QED) is 0.756. The highest BCUT2D eigenvalue weighted by Gasteiger charge is 2.16. The predicted octanol–water partition coefficient (Wildman–Crippen LogP) is 4.76. The number of methoxy groups -OCH3 is 1. The zero-order chi connectivity index (χ0) is 14.7. The molecule has 0 amide bonds. The number of carbonyl (C=O) groups is 1. The van der Waals surface area contributed by atoms with Gasteiger partial charge in [0.15, 0.2) is 5.78 Å². The summed E-state index contributed by atoms with van der Waals surface area (Å²) in [4.78, 5) is 11.8. The van der Waals surface area contributed by atoms with Crippen LogP contribution < -0.4 is 9.47 Å². The van der Waals surface area contributed by atoms with Crippen LogP contribution in [0.2, 0.25) is 0 Å². The highest BCUT2D eigenvalue weighted by molar-refractivity contribution is 9.10. The van der Waals surface area contributed by atoms with Crippen molar-refractivity contribution >= 4 is 21.7 Å². The van der Waals surface area contributed by atoms with Crippen LogP contribution in [0.3, 0.4) is 0 Å². The lowest BCUT2D eigenvalue weighted by atomic mass is 10.1. The number of carbonyl (C=O) groups excluding carboxylic acids is 1. The molecular weight excluding hydrogens is 320 g/mol. The van der Waals surface area contributed by atoms with Crippen LogP contribution in [0.1, 0.15) is 22.8 Å². The highest BCUT2D eigenvalue weighted by atomic mass is 79.9. The fourth-order valence-corrected chi connectivity index (χ4v) is 2.49. The zero-order valence-corrected chi connectivity index (χ0v) is 13.2. The van der Waals surface area contributed by atoms with Gasteiger partial charge in [0.2, 0.25) is 0 Å². The molecule has 0 aromatic heterocycles. The molecule has 0 aliphatic heterocycles. The first-order valence-corrected chi connectivity index (χ1v) is 6.94. The molecule has 0 saturated carbocycles. The van der Waals surface area contributed by atoms with E-state index in [1.54, 1.807) is 18.2 Å². The van der Waals surface area contributed by atoms with Gasteiger partial charge >= 0.3 is 0 Å². The first kappa shape index (κ1) is 14.6. The van der Waals surface area contributed by atoms with Crippen LogP contribution in [0.5, 0.6) is 17.2 Å². The number of rotatable bonds is 4. The van der Waals surface area contributed by atoms with E-state index in [9.17, 15) is 4.79 Å². The van der Waals surface area contributed by atoms with Crippen LogP contribution in [0.15, 0.2) is 40.9 Å². The smallest absolute Gasteiger partial charge is 0.167 e. The summed E-state index contributed by atoms with van der Waals surface area (Å²) in [6, 6.07) is 11.1. The molecule has 104 valence electrons. The molecule has 0 atom stereocenters. The van der Waals surface area contributed by atoms with Gasteiger partial charge in [-0.05, 0) is 59.6 Å². The van der Waals surface area contributed by atoms with Crippen LogP contribution in [-0.4, -0.2) is 12.9 Å². The van der Waals surface area contributed by atoms with Crippen molar-refractivity contribution in [1.29, 1.82) is 0 Å². The van der Waals surface area contributed by atoms with Gasteiger partial charge in [-0.1, -0.05) is 12.1 Å². The molecule has 20 heavy (non-hydrogen) atoms. The fraction of sp³-hybridized carbons (Fsp3) is 0.188. The summed E-state index contributed by atoms with van der Waals surface area (Å²) in [5, 5.41) is 0. The van der Waals surface area contributed by atoms with Gasteiger partial charge < -0.3 is 9.47 Å². The molecule has 0 fully saturated rings. The van der Waals surface area contributed by atoms with Crippen molar-refractivity contribution in [3.8, 4) is 17.2 Å². The molecule has 2 aromatic carbocycles. The van der Waals surface area contributed by atoms with Gasteiger partial charge in [0.25, 0.3) is 0 Å². The van der Waals surface area contributed by atoms with E-state index in [1.165, 1.54) is 14.0 Å². The van der Waals surface area contributed by atoms with Crippen molar-refractivity contribution < 1.29 is 14.3 Å². The maximum absolute atomic E-state index is 11.8. The summed E-state index contributed by atoms with van der Waals surface area (Å²) in [5.41, 5.74) is 1.57. The van der Waals surface area contributed by atoms with E-state index >= 15 is 0 Å². The van der Waals surface area contributed by atoms with Crippen molar-refractivity contribution in [2.45, 2.75) is 13.8 Å². The number of aryl methyl sites for hydroxylation is 1. The minimum atomic E-state index is -0.0966. The lowest BCUT2D eigenvalue weighted by Crippen LogP contribution is -2.01. The van der Waals surface area contributed by atoms with Gasteiger partial charge in [0.1, 0.15) is 22.8 Å². The molecule has 0 radical (unpaired) electrons. The molecule has 4 heteroatoms. The van der Waals surface area contributed by atoms with E-state index in [1.807, 2.05) is 25.1 Å². The summed E-state index contributed by atoms with van der Waals surface area (Å²) >= 11 is 3.46. The minimum Gasteiger partial charge on any atom is -0.496 e. The first-order valence-electron chi connectivity index (χ1n) is 6.15. The van der Waals surface area contributed by atoms with Crippen molar-refractivity contribution in [2.24, 2.45) is 0 Å². The largest absolute Gasteiger partial charge is 0.496 e. The van der Waals surface area contributed by atoms with Crippen LogP contribution >= 0.6 is 15.9 Å². The molecule has 0 spiro atoms. The number of benzene rings is 2. The Balaban J connectivity index is 2.45. The van der Waals surface area contributed by atoms with Crippen LogP contribution in [-0.2, 0) is 0 Å².